The number of nitrogens with one attached hydrogen (secondary N) is 1. The van der Waals surface area contributed by atoms with Gasteiger partial charge in [-0.2, -0.15) is 0 Å². The first-order valence-corrected chi connectivity index (χ1v) is 6.60. The molecular formula is C14H18N4O. The number of aryl methyl sites for hydroxylation is 1. The summed E-state index contributed by atoms with van der Waals surface area (Å²) in [6, 6.07) is 8.30. The van der Waals surface area contributed by atoms with Gasteiger partial charge in [-0.05, 0) is 18.1 Å². The molecule has 19 heavy (non-hydrogen) atoms. The van der Waals surface area contributed by atoms with Crippen molar-refractivity contribution in [3.63, 3.8) is 0 Å². The highest BCUT2D eigenvalue weighted by Crippen LogP contribution is 2.32. The molecule has 1 unspecified atom stereocenters. The third kappa shape index (κ3) is 2.61. The van der Waals surface area contributed by atoms with Crippen molar-refractivity contribution < 1.29 is 4.74 Å². The lowest BCUT2D eigenvalue weighted by Crippen LogP contribution is -2.26. The number of nitrogens with zero attached hydrogens (tertiary/aromatic N) is 3. The Morgan fingerprint density at radius 3 is 3.16 bits per heavy atom. The molecule has 0 saturated carbocycles. The summed E-state index contributed by atoms with van der Waals surface area (Å²) in [5, 5.41) is 11.4. The van der Waals surface area contributed by atoms with Crippen LogP contribution in [0.25, 0.3) is 0 Å². The molecule has 2 aromatic rings. The minimum absolute atomic E-state index is 0.512. The van der Waals surface area contributed by atoms with Crippen molar-refractivity contribution in [3.05, 3.63) is 42.0 Å². The smallest absolute Gasteiger partial charge is 0.146 e. The van der Waals surface area contributed by atoms with Crippen molar-refractivity contribution in [2.75, 3.05) is 13.2 Å². The monoisotopic (exact) mass is 258 g/mol. The molecule has 1 aromatic carbocycles. The van der Waals surface area contributed by atoms with Gasteiger partial charge in [0.25, 0.3) is 0 Å². The molecule has 1 atom stereocenters. The third-order valence-corrected chi connectivity index (χ3v) is 3.56. The number of aromatic nitrogens is 3. The predicted molar refractivity (Wildman–Crippen MR) is 72.0 cm³/mol. The topological polar surface area (TPSA) is 52.0 Å². The summed E-state index contributed by atoms with van der Waals surface area (Å²) in [5.41, 5.74) is 1.30. The molecule has 1 aliphatic heterocycles. The van der Waals surface area contributed by atoms with Crippen LogP contribution in [0.15, 0.2) is 30.6 Å². The van der Waals surface area contributed by atoms with Crippen LogP contribution in [0.4, 0.5) is 0 Å². The second kappa shape index (κ2) is 5.40. The van der Waals surface area contributed by atoms with Gasteiger partial charge in [-0.3, -0.25) is 0 Å². The lowest BCUT2D eigenvalue weighted by Gasteiger charge is -2.26. The first-order valence-electron chi connectivity index (χ1n) is 6.60. The Morgan fingerprint density at radius 1 is 1.42 bits per heavy atom. The van der Waals surface area contributed by atoms with Crippen LogP contribution in [0.5, 0.6) is 5.75 Å². The van der Waals surface area contributed by atoms with Gasteiger partial charge in [-0.1, -0.05) is 18.2 Å². The van der Waals surface area contributed by atoms with E-state index in [9.17, 15) is 0 Å². The summed E-state index contributed by atoms with van der Waals surface area (Å²) in [5.74, 6) is 2.50. The zero-order valence-corrected chi connectivity index (χ0v) is 11.0. The van der Waals surface area contributed by atoms with E-state index in [2.05, 4.69) is 27.6 Å². The molecular weight excluding hydrogens is 240 g/mol. The summed E-state index contributed by atoms with van der Waals surface area (Å²) in [4.78, 5) is 0. The highest BCUT2D eigenvalue weighted by Gasteiger charge is 2.20. The van der Waals surface area contributed by atoms with Crippen LogP contribution in [0, 0.1) is 0 Å². The molecule has 100 valence electrons. The van der Waals surface area contributed by atoms with Crippen molar-refractivity contribution in [2.24, 2.45) is 7.05 Å². The van der Waals surface area contributed by atoms with Crippen LogP contribution in [-0.2, 0) is 13.6 Å². The molecule has 0 aliphatic carbocycles. The van der Waals surface area contributed by atoms with E-state index in [1.807, 2.05) is 23.7 Å². The molecule has 1 aliphatic rings. The molecule has 2 heterocycles. The van der Waals surface area contributed by atoms with Crippen LogP contribution < -0.4 is 10.1 Å². The number of para-hydroxylation sites is 1. The summed E-state index contributed by atoms with van der Waals surface area (Å²) >= 11 is 0. The van der Waals surface area contributed by atoms with Crippen molar-refractivity contribution in [3.8, 4) is 5.75 Å². The number of rotatable bonds is 4. The summed E-state index contributed by atoms with van der Waals surface area (Å²) in [6.45, 7) is 2.48. The van der Waals surface area contributed by atoms with Crippen LogP contribution in [0.3, 0.4) is 0 Å². The second-order valence-corrected chi connectivity index (χ2v) is 4.86. The zero-order chi connectivity index (χ0) is 13.1. The lowest BCUT2D eigenvalue weighted by atomic mass is 9.93. The highest BCUT2D eigenvalue weighted by atomic mass is 16.5. The molecule has 1 N–H and O–H groups in total. The average molecular weight is 258 g/mol. The molecule has 1 aromatic heterocycles. The molecule has 5 heteroatoms. The fourth-order valence-electron chi connectivity index (χ4n) is 2.45. The Bertz CT molecular complexity index is 552. The standard InChI is InChI=1S/C14H18N4O/c1-18-10-16-17-14(18)9-15-8-11-6-7-19-13-5-3-2-4-12(11)13/h2-5,10-11,15H,6-9H2,1H3. The fraction of sp³-hybridized carbons (Fsp3) is 0.429. The van der Waals surface area contributed by atoms with Crippen molar-refractivity contribution in [1.82, 2.24) is 20.1 Å². The van der Waals surface area contributed by atoms with Gasteiger partial charge in [0, 0.05) is 19.5 Å². The largest absolute Gasteiger partial charge is 0.493 e. The fourth-order valence-corrected chi connectivity index (χ4v) is 2.45. The number of ether oxygens (including phenoxy) is 1. The van der Waals surface area contributed by atoms with Gasteiger partial charge in [0.1, 0.15) is 17.9 Å². The Hall–Kier alpha value is -1.88. The van der Waals surface area contributed by atoms with E-state index in [1.165, 1.54) is 5.56 Å². The first-order chi connectivity index (χ1) is 9.34. The van der Waals surface area contributed by atoms with Gasteiger partial charge in [-0.25, -0.2) is 0 Å². The average Bonchev–Trinajstić information content (AvgIpc) is 2.85. The summed E-state index contributed by atoms with van der Waals surface area (Å²) in [6.07, 6.45) is 2.78. The number of hydrogen-bond donors (Lipinski definition) is 1. The van der Waals surface area contributed by atoms with Gasteiger partial charge >= 0.3 is 0 Å². The molecule has 0 saturated heterocycles. The van der Waals surface area contributed by atoms with E-state index < -0.39 is 0 Å². The lowest BCUT2D eigenvalue weighted by molar-refractivity contribution is 0.264. The Morgan fingerprint density at radius 2 is 2.32 bits per heavy atom. The minimum Gasteiger partial charge on any atom is -0.493 e. The minimum atomic E-state index is 0.512. The van der Waals surface area contributed by atoms with Gasteiger partial charge in [0.05, 0.1) is 13.2 Å². The van der Waals surface area contributed by atoms with Crippen molar-refractivity contribution in [1.29, 1.82) is 0 Å². The van der Waals surface area contributed by atoms with Crippen LogP contribution in [0.2, 0.25) is 0 Å². The van der Waals surface area contributed by atoms with Gasteiger partial charge < -0.3 is 14.6 Å². The van der Waals surface area contributed by atoms with E-state index in [-0.39, 0.29) is 0 Å². The molecule has 0 fully saturated rings. The van der Waals surface area contributed by atoms with E-state index in [0.717, 1.165) is 37.7 Å². The van der Waals surface area contributed by atoms with Crippen LogP contribution in [-0.4, -0.2) is 27.9 Å². The summed E-state index contributed by atoms with van der Waals surface area (Å²) < 4.78 is 7.61. The normalized spacial score (nSPS) is 17.8. The predicted octanol–water partition coefficient (Wildman–Crippen LogP) is 1.47. The number of fused-ring (bicyclic) bond motifs is 1. The molecule has 0 spiro atoms. The Kier molecular flexibility index (Phi) is 3.46. The Labute approximate surface area is 112 Å². The van der Waals surface area contributed by atoms with E-state index in [1.54, 1.807) is 6.33 Å². The molecule has 0 radical (unpaired) electrons. The molecule has 0 bridgehead atoms. The maximum absolute atomic E-state index is 5.67. The number of benzene rings is 1. The molecule has 5 nitrogen and oxygen atoms in total. The molecule has 3 rings (SSSR count). The SMILES string of the molecule is Cn1cnnc1CNCC1CCOc2ccccc21. The van der Waals surface area contributed by atoms with Gasteiger partial charge in [-0.15, -0.1) is 10.2 Å². The van der Waals surface area contributed by atoms with Gasteiger partial charge in [0.2, 0.25) is 0 Å². The van der Waals surface area contributed by atoms with Crippen molar-refractivity contribution in [2.45, 2.75) is 18.9 Å². The van der Waals surface area contributed by atoms with Gasteiger partial charge in [0.15, 0.2) is 0 Å². The second-order valence-electron chi connectivity index (χ2n) is 4.86. The quantitative estimate of drug-likeness (QED) is 0.902. The van der Waals surface area contributed by atoms with Crippen LogP contribution in [0.1, 0.15) is 23.7 Å². The maximum atomic E-state index is 5.67. The number of hydrogen-bond acceptors (Lipinski definition) is 4. The van der Waals surface area contributed by atoms with E-state index in [0.29, 0.717) is 5.92 Å². The zero-order valence-electron chi connectivity index (χ0n) is 11.0. The summed E-state index contributed by atoms with van der Waals surface area (Å²) in [7, 11) is 1.96. The maximum Gasteiger partial charge on any atom is 0.146 e. The van der Waals surface area contributed by atoms with Crippen molar-refractivity contribution >= 4 is 0 Å². The van der Waals surface area contributed by atoms with E-state index in [4.69, 9.17) is 4.74 Å². The molecule has 0 amide bonds. The Balaban J connectivity index is 1.61. The highest BCUT2D eigenvalue weighted by molar-refractivity contribution is 5.37. The first kappa shape index (κ1) is 12.2. The van der Waals surface area contributed by atoms with E-state index >= 15 is 0 Å². The third-order valence-electron chi connectivity index (χ3n) is 3.56. The van der Waals surface area contributed by atoms with Crippen LogP contribution >= 0.6 is 0 Å².